The van der Waals surface area contributed by atoms with Crippen LogP contribution in [0.15, 0.2) is 18.2 Å². The van der Waals surface area contributed by atoms with Gasteiger partial charge in [-0.25, -0.2) is 4.39 Å². The zero-order valence-corrected chi connectivity index (χ0v) is 10.7. The second kappa shape index (κ2) is 5.23. The Hall–Kier alpha value is -0.800. The molecule has 0 bridgehead atoms. The first-order chi connectivity index (χ1) is 8.15. The molecule has 1 saturated carbocycles. The van der Waals surface area contributed by atoms with Gasteiger partial charge in [0, 0.05) is 6.07 Å². The van der Waals surface area contributed by atoms with Crippen LogP contribution in [0.2, 0.25) is 5.02 Å². The Kier molecular flexibility index (Phi) is 3.89. The summed E-state index contributed by atoms with van der Waals surface area (Å²) in [6.45, 7) is 0.913. The van der Waals surface area contributed by atoms with E-state index in [1.165, 1.54) is 18.6 Å². The van der Waals surface area contributed by atoms with E-state index in [2.05, 4.69) is 5.32 Å². The van der Waals surface area contributed by atoms with Crippen molar-refractivity contribution in [1.82, 2.24) is 5.32 Å². The van der Waals surface area contributed by atoms with E-state index < -0.39 is 5.82 Å². The summed E-state index contributed by atoms with van der Waals surface area (Å²) in [7, 11) is 1.92. The fourth-order valence-corrected chi connectivity index (χ4v) is 2.23. The van der Waals surface area contributed by atoms with Crippen molar-refractivity contribution in [2.75, 3.05) is 13.6 Å². The van der Waals surface area contributed by atoms with Crippen LogP contribution in [0.5, 0.6) is 5.75 Å². The van der Waals surface area contributed by atoms with Gasteiger partial charge in [0.2, 0.25) is 0 Å². The molecule has 17 heavy (non-hydrogen) atoms. The molecule has 2 rings (SSSR count). The average Bonchev–Trinajstić information content (AvgIpc) is 2.27. The largest absolute Gasteiger partial charge is 0.487 e. The van der Waals surface area contributed by atoms with Crippen molar-refractivity contribution in [2.24, 2.45) is 0 Å². The van der Waals surface area contributed by atoms with E-state index in [1.54, 1.807) is 6.07 Å². The molecule has 0 heterocycles. The predicted octanol–water partition coefficient (Wildman–Crippen LogP) is 3.39. The lowest BCUT2D eigenvalue weighted by atomic mass is 9.77. The molecule has 1 aromatic carbocycles. The lowest BCUT2D eigenvalue weighted by Gasteiger charge is -2.42. The summed E-state index contributed by atoms with van der Waals surface area (Å²) in [5.74, 6) is 0.148. The monoisotopic (exact) mass is 257 g/mol. The van der Waals surface area contributed by atoms with E-state index in [-0.39, 0.29) is 10.6 Å². The summed E-state index contributed by atoms with van der Waals surface area (Å²) in [6, 6.07) is 4.63. The molecule has 0 amide bonds. The molecule has 2 nitrogen and oxygen atoms in total. The molecule has 0 aliphatic heterocycles. The van der Waals surface area contributed by atoms with Crippen LogP contribution in [-0.4, -0.2) is 19.2 Å². The van der Waals surface area contributed by atoms with Gasteiger partial charge in [-0.1, -0.05) is 11.6 Å². The maximum Gasteiger partial charge on any atom is 0.145 e. The van der Waals surface area contributed by atoms with Crippen LogP contribution < -0.4 is 10.1 Å². The molecule has 94 valence electrons. The highest BCUT2D eigenvalue weighted by atomic mass is 35.5. The van der Waals surface area contributed by atoms with E-state index in [4.69, 9.17) is 16.3 Å². The van der Waals surface area contributed by atoms with Crippen LogP contribution >= 0.6 is 11.6 Å². The van der Waals surface area contributed by atoms with Crippen LogP contribution in [0, 0.1) is 5.82 Å². The summed E-state index contributed by atoms with van der Waals surface area (Å²) < 4.78 is 19.2. The number of rotatable bonds is 5. The second-order valence-electron chi connectivity index (χ2n) is 4.57. The zero-order chi connectivity index (χ0) is 12.3. The minimum absolute atomic E-state index is 0.108. The zero-order valence-electron chi connectivity index (χ0n) is 9.93. The third-order valence-electron chi connectivity index (χ3n) is 3.32. The van der Waals surface area contributed by atoms with Gasteiger partial charge in [0.25, 0.3) is 0 Å². The molecule has 1 fully saturated rings. The summed E-state index contributed by atoms with van der Waals surface area (Å²) in [5.41, 5.74) is -0.108. The highest BCUT2D eigenvalue weighted by Gasteiger charge is 2.38. The number of hydrogen-bond acceptors (Lipinski definition) is 2. The number of halogens is 2. The van der Waals surface area contributed by atoms with Crippen molar-refractivity contribution in [1.29, 1.82) is 0 Å². The van der Waals surface area contributed by atoms with Crippen molar-refractivity contribution in [3.05, 3.63) is 29.0 Å². The molecule has 0 unspecified atom stereocenters. The van der Waals surface area contributed by atoms with Gasteiger partial charge in [-0.05, 0) is 51.4 Å². The molecular formula is C13H17ClFNO. The van der Waals surface area contributed by atoms with Gasteiger partial charge >= 0.3 is 0 Å². The highest BCUT2D eigenvalue weighted by Crippen LogP contribution is 2.39. The Morgan fingerprint density at radius 3 is 2.76 bits per heavy atom. The first kappa shape index (κ1) is 12.7. The molecular weight excluding hydrogens is 241 g/mol. The standard InChI is InChI=1S/C13H17ClFNO/c1-16-8-7-13(5-2-6-13)17-10-3-4-11(14)12(15)9-10/h3-4,9,16H,2,5-8H2,1H3. The minimum atomic E-state index is -0.424. The minimum Gasteiger partial charge on any atom is -0.487 e. The van der Waals surface area contributed by atoms with Crippen molar-refractivity contribution < 1.29 is 9.13 Å². The third-order valence-corrected chi connectivity index (χ3v) is 3.63. The lowest BCUT2D eigenvalue weighted by Crippen LogP contribution is -2.45. The molecule has 1 N–H and O–H groups in total. The third kappa shape index (κ3) is 2.90. The molecule has 0 saturated heterocycles. The first-order valence-corrected chi connectivity index (χ1v) is 6.32. The Morgan fingerprint density at radius 1 is 1.47 bits per heavy atom. The van der Waals surface area contributed by atoms with Gasteiger partial charge in [-0.2, -0.15) is 0 Å². The molecule has 4 heteroatoms. The van der Waals surface area contributed by atoms with Crippen molar-refractivity contribution in [3.63, 3.8) is 0 Å². The maximum absolute atomic E-state index is 13.3. The quantitative estimate of drug-likeness (QED) is 0.873. The Bertz CT molecular complexity index is 393. The maximum atomic E-state index is 13.3. The average molecular weight is 258 g/mol. The molecule has 1 aliphatic carbocycles. The van der Waals surface area contributed by atoms with Gasteiger partial charge in [-0.15, -0.1) is 0 Å². The smallest absolute Gasteiger partial charge is 0.145 e. The van der Waals surface area contributed by atoms with Crippen LogP contribution in [-0.2, 0) is 0 Å². The molecule has 0 atom stereocenters. The Labute approximate surface area is 106 Å². The summed E-state index contributed by atoms with van der Waals surface area (Å²) in [5, 5.41) is 3.26. The van der Waals surface area contributed by atoms with E-state index in [0.29, 0.717) is 5.75 Å². The van der Waals surface area contributed by atoms with Crippen LogP contribution in [0.1, 0.15) is 25.7 Å². The molecule has 1 aromatic rings. The van der Waals surface area contributed by atoms with Crippen LogP contribution in [0.4, 0.5) is 4.39 Å². The van der Waals surface area contributed by atoms with Gasteiger partial charge < -0.3 is 10.1 Å². The fourth-order valence-electron chi connectivity index (χ4n) is 2.12. The Morgan fingerprint density at radius 2 is 2.24 bits per heavy atom. The number of benzene rings is 1. The van der Waals surface area contributed by atoms with E-state index in [0.717, 1.165) is 25.8 Å². The van der Waals surface area contributed by atoms with E-state index in [1.807, 2.05) is 7.05 Å². The van der Waals surface area contributed by atoms with E-state index in [9.17, 15) is 4.39 Å². The summed E-state index contributed by atoms with van der Waals surface area (Å²) >= 11 is 5.64. The van der Waals surface area contributed by atoms with Gasteiger partial charge in [0.05, 0.1) is 5.02 Å². The van der Waals surface area contributed by atoms with E-state index >= 15 is 0 Å². The normalized spacial score (nSPS) is 17.6. The van der Waals surface area contributed by atoms with Crippen LogP contribution in [0.3, 0.4) is 0 Å². The number of hydrogen-bond donors (Lipinski definition) is 1. The van der Waals surface area contributed by atoms with Crippen molar-refractivity contribution in [2.45, 2.75) is 31.3 Å². The van der Waals surface area contributed by atoms with Gasteiger partial charge in [-0.3, -0.25) is 0 Å². The second-order valence-corrected chi connectivity index (χ2v) is 4.98. The molecule has 0 radical (unpaired) electrons. The highest BCUT2D eigenvalue weighted by molar-refractivity contribution is 6.30. The van der Waals surface area contributed by atoms with Crippen LogP contribution in [0.25, 0.3) is 0 Å². The molecule has 0 spiro atoms. The van der Waals surface area contributed by atoms with Gasteiger partial charge in [0.1, 0.15) is 17.2 Å². The summed E-state index contributed by atoms with van der Waals surface area (Å²) in [6.07, 6.45) is 4.21. The fraction of sp³-hybridized carbons (Fsp3) is 0.538. The van der Waals surface area contributed by atoms with Crippen molar-refractivity contribution >= 4 is 11.6 Å². The topological polar surface area (TPSA) is 21.3 Å². The molecule has 0 aromatic heterocycles. The predicted molar refractivity (Wildman–Crippen MR) is 67.2 cm³/mol. The first-order valence-electron chi connectivity index (χ1n) is 5.94. The number of nitrogens with one attached hydrogen (secondary N) is 1. The SMILES string of the molecule is CNCCC1(Oc2ccc(Cl)c(F)c2)CCC1. The Balaban J connectivity index is 2.05. The summed E-state index contributed by atoms with van der Waals surface area (Å²) in [4.78, 5) is 0. The number of ether oxygens (including phenoxy) is 1. The van der Waals surface area contributed by atoms with Gasteiger partial charge in [0.15, 0.2) is 0 Å². The van der Waals surface area contributed by atoms with Crippen molar-refractivity contribution in [3.8, 4) is 5.75 Å². The molecule has 1 aliphatic rings. The lowest BCUT2D eigenvalue weighted by molar-refractivity contribution is -0.0140.